The van der Waals surface area contributed by atoms with Gasteiger partial charge in [-0.1, -0.05) is 25.2 Å². The van der Waals surface area contributed by atoms with E-state index in [4.69, 9.17) is 0 Å². The number of amides is 1. The maximum atomic E-state index is 12.2. The quantitative estimate of drug-likeness (QED) is 0.811. The van der Waals surface area contributed by atoms with Gasteiger partial charge in [0, 0.05) is 20.6 Å². The molecule has 0 radical (unpaired) electrons. The average Bonchev–Trinajstić information content (AvgIpc) is 2.76. The number of nitrogens with one attached hydrogen (secondary N) is 1. The number of aliphatic hydroxyl groups is 1. The predicted molar refractivity (Wildman–Crippen MR) is 88.2 cm³/mol. The number of hydrogen-bond donors (Lipinski definition) is 2. The molecule has 0 aromatic carbocycles. The number of thiazole rings is 1. The van der Waals surface area contributed by atoms with Crippen LogP contribution in [0.25, 0.3) is 0 Å². The minimum Gasteiger partial charge on any atom is -0.388 e. The van der Waals surface area contributed by atoms with Crippen molar-refractivity contribution in [1.82, 2.24) is 10.3 Å². The van der Waals surface area contributed by atoms with E-state index in [0.29, 0.717) is 17.2 Å². The maximum absolute atomic E-state index is 12.2. The van der Waals surface area contributed by atoms with Crippen LogP contribution in [0.4, 0.5) is 5.13 Å². The summed E-state index contributed by atoms with van der Waals surface area (Å²) < 4.78 is 0. The summed E-state index contributed by atoms with van der Waals surface area (Å²) in [5.41, 5.74) is -0.147. The van der Waals surface area contributed by atoms with Crippen LogP contribution in [-0.2, 0) is 0 Å². The van der Waals surface area contributed by atoms with Gasteiger partial charge < -0.3 is 15.3 Å². The van der Waals surface area contributed by atoms with Gasteiger partial charge in [-0.25, -0.2) is 4.98 Å². The molecule has 0 aliphatic heterocycles. The number of carbonyl (C=O) groups excluding carboxylic acids is 1. The van der Waals surface area contributed by atoms with Crippen molar-refractivity contribution in [2.75, 3.05) is 25.5 Å². The number of aromatic nitrogens is 1. The molecule has 2 N–H and O–H groups in total. The van der Waals surface area contributed by atoms with E-state index in [2.05, 4.69) is 24.1 Å². The third kappa shape index (κ3) is 5.63. The van der Waals surface area contributed by atoms with E-state index >= 15 is 0 Å². The number of rotatable bonds is 7. The van der Waals surface area contributed by atoms with Gasteiger partial charge in [-0.05, 0) is 32.6 Å². The Kier molecular flexibility index (Phi) is 6.16. The lowest BCUT2D eigenvalue weighted by atomic mass is 9.95. The molecule has 0 aliphatic carbocycles. The number of carbonyl (C=O) groups is 1. The Labute approximate surface area is 131 Å². The van der Waals surface area contributed by atoms with Crippen LogP contribution in [0.3, 0.4) is 0 Å². The van der Waals surface area contributed by atoms with E-state index in [9.17, 15) is 9.90 Å². The predicted octanol–water partition coefficient (Wildman–Crippen LogP) is 2.43. The summed E-state index contributed by atoms with van der Waals surface area (Å²) in [5, 5.41) is 13.9. The number of anilines is 1. The zero-order valence-electron chi connectivity index (χ0n) is 13.9. The molecule has 1 aromatic heterocycles. The molecular weight excluding hydrogens is 286 g/mol. The van der Waals surface area contributed by atoms with Gasteiger partial charge in [0.25, 0.3) is 5.91 Å². The molecule has 6 heteroatoms. The van der Waals surface area contributed by atoms with Gasteiger partial charge in [0.15, 0.2) is 5.13 Å². The van der Waals surface area contributed by atoms with Crippen LogP contribution in [0, 0.1) is 12.8 Å². The third-order valence-electron chi connectivity index (χ3n) is 3.26. The standard InChI is InChI=1S/C15H27N3O2S/c1-10(2)7-8-15(4,20)9-16-13(19)12-11(3)17-14(21-12)18(5)6/h10,20H,7-9H2,1-6H3,(H,16,19). The summed E-state index contributed by atoms with van der Waals surface area (Å²) in [5.74, 6) is 0.376. The normalized spacial score (nSPS) is 14.1. The van der Waals surface area contributed by atoms with E-state index in [1.54, 1.807) is 6.92 Å². The summed E-state index contributed by atoms with van der Waals surface area (Å²) in [7, 11) is 3.80. The molecule has 1 amide bonds. The molecule has 1 unspecified atom stereocenters. The second-order valence-corrected chi connectivity index (χ2v) is 7.40. The molecule has 1 heterocycles. The number of hydrogen-bond acceptors (Lipinski definition) is 5. The van der Waals surface area contributed by atoms with Crippen LogP contribution in [0.1, 0.15) is 49.0 Å². The smallest absolute Gasteiger partial charge is 0.263 e. The monoisotopic (exact) mass is 313 g/mol. The highest BCUT2D eigenvalue weighted by Gasteiger charge is 2.23. The Hall–Kier alpha value is -1.14. The lowest BCUT2D eigenvalue weighted by molar-refractivity contribution is 0.0430. The molecule has 5 nitrogen and oxygen atoms in total. The van der Waals surface area contributed by atoms with Crippen LogP contribution >= 0.6 is 11.3 Å². The van der Waals surface area contributed by atoms with E-state index < -0.39 is 5.60 Å². The van der Waals surface area contributed by atoms with Crippen LogP contribution in [0.15, 0.2) is 0 Å². The first-order valence-electron chi connectivity index (χ1n) is 7.27. The molecule has 21 heavy (non-hydrogen) atoms. The fraction of sp³-hybridized carbons (Fsp3) is 0.733. The topological polar surface area (TPSA) is 65.5 Å². The van der Waals surface area contributed by atoms with Crippen molar-refractivity contribution in [2.24, 2.45) is 5.92 Å². The van der Waals surface area contributed by atoms with Crippen molar-refractivity contribution >= 4 is 22.4 Å². The molecule has 1 rings (SSSR count). The Morgan fingerprint density at radius 1 is 1.48 bits per heavy atom. The van der Waals surface area contributed by atoms with Crippen molar-refractivity contribution < 1.29 is 9.90 Å². The zero-order valence-corrected chi connectivity index (χ0v) is 14.7. The first-order chi connectivity index (χ1) is 9.62. The van der Waals surface area contributed by atoms with E-state index in [0.717, 1.165) is 17.2 Å². The summed E-state index contributed by atoms with van der Waals surface area (Å²) in [4.78, 5) is 19.1. The van der Waals surface area contributed by atoms with Gasteiger partial charge in [0.05, 0.1) is 11.3 Å². The van der Waals surface area contributed by atoms with Gasteiger partial charge in [-0.3, -0.25) is 4.79 Å². The Morgan fingerprint density at radius 2 is 2.10 bits per heavy atom. The first kappa shape index (κ1) is 17.9. The van der Waals surface area contributed by atoms with Crippen LogP contribution in [0.2, 0.25) is 0 Å². The minimum atomic E-state index is -0.872. The van der Waals surface area contributed by atoms with Crippen LogP contribution in [-0.4, -0.2) is 42.2 Å². The van der Waals surface area contributed by atoms with Crippen molar-refractivity contribution in [3.63, 3.8) is 0 Å². The fourth-order valence-electron chi connectivity index (χ4n) is 1.82. The maximum Gasteiger partial charge on any atom is 0.263 e. The first-order valence-corrected chi connectivity index (χ1v) is 8.09. The summed E-state index contributed by atoms with van der Waals surface area (Å²) in [6.45, 7) is 8.10. The largest absolute Gasteiger partial charge is 0.388 e. The Bertz CT molecular complexity index is 481. The molecule has 0 bridgehead atoms. The molecular formula is C15H27N3O2S. The molecule has 0 saturated heterocycles. The molecule has 0 fully saturated rings. The van der Waals surface area contributed by atoms with Crippen LogP contribution < -0.4 is 10.2 Å². The second-order valence-electron chi connectivity index (χ2n) is 6.42. The van der Waals surface area contributed by atoms with Crippen molar-refractivity contribution in [1.29, 1.82) is 0 Å². The highest BCUT2D eigenvalue weighted by molar-refractivity contribution is 7.17. The van der Waals surface area contributed by atoms with Gasteiger partial charge in [-0.2, -0.15) is 0 Å². The highest BCUT2D eigenvalue weighted by Crippen LogP contribution is 2.24. The summed E-state index contributed by atoms with van der Waals surface area (Å²) >= 11 is 1.37. The minimum absolute atomic E-state index is 0.164. The lowest BCUT2D eigenvalue weighted by Gasteiger charge is -2.24. The number of nitrogens with zero attached hydrogens (tertiary/aromatic N) is 2. The number of aryl methyl sites for hydroxylation is 1. The molecule has 0 spiro atoms. The second kappa shape index (κ2) is 7.22. The third-order valence-corrected chi connectivity index (χ3v) is 4.59. The summed E-state index contributed by atoms with van der Waals surface area (Å²) in [6.07, 6.45) is 1.61. The fourth-order valence-corrected chi connectivity index (χ4v) is 2.73. The van der Waals surface area contributed by atoms with Crippen molar-refractivity contribution in [3.05, 3.63) is 10.6 Å². The molecule has 0 aliphatic rings. The molecule has 1 atom stereocenters. The Morgan fingerprint density at radius 3 is 2.57 bits per heavy atom. The van der Waals surface area contributed by atoms with E-state index in [1.807, 2.05) is 25.9 Å². The molecule has 120 valence electrons. The van der Waals surface area contributed by atoms with Crippen LogP contribution in [0.5, 0.6) is 0 Å². The van der Waals surface area contributed by atoms with Gasteiger partial charge in [0.1, 0.15) is 4.88 Å². The van der Waals surface area contributed by atoms with E-state index in [-0.39, 0.29) is 12.5 Å². The van der Waals surface area contributed by atoms with Gasteiger partial charge >= 0.3 is 0 Å². The van der Waals surface area contributed by atoms with Gasteiger partial charge in [0.2, 0.25) is 0 Å². The SMILES string of the molecule is Cc1nc(N(C)C)sc1C(=O)NCC(C)(O)CCC(C)C. The molecule has 0 saturated carbocycles. The van der Waals surface area contributed by atoms with Crippen molar-refractivity contribution in [2.45, 2.75) is 46.1 Å². The molecule has 1 aromatic rings. The lowest BCUT2D eigenvalue weighted by Crippen LogP contribution is -2.40. The van der Waals surface area contributed by atoms with Gasteiger partial charge in [-0.15, -0.1) is 0 Å². The zero-order chi connectivity index (χ0) is 16.2. The highest BCUT2D eigenvalue weighted by atomic mass is 32.1. The Balaban J connectivity index is 2.61. The van der Waals surface area contributed by atoms with Crippen molar-refractivity contribution in [3.8, 4) is 0 Å². The van der Waals surface area contributed by atoms with E-state index in [1.165, 1.54) is 11.3 Å². The average molecular weight is 313 g/mol. The summed E-state index contributed by atoms with van der Waals surface area (Å²) in [6, 6.07) is 0.